The molecule has 164 valence electrons. The molecule has 0 saturated carbocycles. The van der Waals surface area contributed by atoms with Crippen molar-refractivity contribution in [1.29, 1.82) is 0 Å². The summed E-state index contributed by atoms with van der Waals surface area (Å²) in [5, 5.41) is 3.18. The zero-order chi connectivity index (χ0) is 21.3. The Balaban J connectivity index is 1.65. The fraction of sp³-hybridized carbons (Fsp3) is 0.731. The SMILES string of the molecule is CC(C)=CCCC(C)=CCCC(C)C=CC(=O)NCC1CC[N+]2(C)CCCCC12. The molecule has 2 aliphatic rings. The number of nitrogens with zero attached hydrogens (tertiary/aromatic N) is 1. The van der Waals surface area contributed by atoms with E-state index >= 15 is 0 Å². The summed E-state index contributed by atoms with van der Waals surface area (Å²) in [6.07, 6.45) is 18.3. The molecule has 29 heavy (non-hydrogen) atoms. The number of amides is 1. The quantitative estimate of drug-likeness (QED) is 0.280. The maximum atomic E-state index is 12.3. The number of rotatable bonds is 10. The Morgan fingerprint density at radius 2 is 1.90 bits per heavy atom. The van der Waals surface area contributed by atoms with E-state index < -0.39 is 0 Å². The standard InChI is InChI=1S/C26H44N2O/c1-21(2)10-8-11-22(3)12-9-13-23(4)15-16-26(29)27-20-24-17-19-28(5)18-7-6-14-25(24)28/h10,12,15-16,23-25H,6-9,11,13-14,17-20H2,1-5H3/p+1. The molecule has 0 spiro atoms. The average molecular weight is 402 g/mol. The van der Waals surface area contributed by atoms with Gasteiger partial charge in [0.25, 0.3) is 0 Å². The number of quaternary nitrogens is 1. The monoisotopic (exact) mass is 401 g/mol. The number of allylic oxidation sites excluding steroid dienone is 5. The molecule has 2 saturated heterocycles. The van der Waals surface area contributed by atoms with Crippen molar-refractivity contribution in [2.24, 2.45) is 11.8 Å². The van der Waals surface area contributed by atoms with E-state index in [2.05, 4.69) is 58.3 Å². The summed E-state index contributed by atoms with van der Waals surface area (Å²) >= 11 is 0. The first-order valence-electron chi connectivity index (χ1n) is 11.9. The number of nitrogens with one attached hydrogen (secondary N) is 1. The summed E-state index contributed by atoms with van der Waals surface area (Å²) in [5.74, 6) is 1.18. The average Bonchev–Trinajstić information content (AvgIpc) is 3.01. The summed E-state index contributed by atoms with van der Waals surface area (Å²) in [6, 6.07) is 0.763. The highest BCUT2D eigenvalue weighted by Gasteiger charge is 2.46. The Hall–Kier alpha value is -1.35. The maximum Gasteiger partial charge on any atom is 0.243 e. The maximum absolute atomic E-state index is 12.3. The normalized spacial score (nSPS) is 28.2. The van der Waals surface area contributed by atoms with E-state index in [0.29, 0.717) is 11.8 Å². The van der Waals surface area contributed by atoms with Gasteiger partial charge in [-0.2, -0.15) is 0 Å². The van der Waals surface area contributed by atoms with Crippen molar-refractivity contribution >= 4 is 5.91 Å². The van der Waals surface area contributed by atoms with Crippen LogP contribution in [0.3, 0.4) is 0 Å². The molecule has 1 amide bonds. The van der Waals surface area contributed by atoms with Crippen molar-refractivity contribution in [2.75, 3.05) is 26.7 Å². The third-order valence-electron chi connectivity index (χ3n) is 7.10. The minimum Gasteiger partial charge on any atom is -0.352 e. The summed E-state index contributed by atoms with van der Waals surface area (Å²) in [5.41, 5.74) is 2.87. The van der Waals surface area contributed by atoms with Gasteiger partial charge in [-0.05, 0) is 71.3 Å². The van der Waals surface area contributed by atoms with Crippen molar-refractivity contribution in [3.05, 3.63) is 35.5 Å². The van der Waals surface area contributed by atoms with Crippen LogP contribution in [0, 0.1) is 11.8 Å². The van der Waals surface area contributed by atoms with Crippen LogP contribution in [0.25, 0.3) is 0 Å². The van der Waals surface area contributed by atoms with Crippen LogP contribution in [0.15, 0.2) is 35.5 Å². The lowest BCUT2D eigenvalue weighted by molar-refractivity contribution is -0.927. The van der Waals surface area contributed by atoms with Gasteiger partial charge in [0, 0.05) is 25.3 Å². The summed E-state index contributed by atoms with van der Waals surface area (Å²) in [4.78, 5) is 12.3. The molecule has 1 N–H and O–H groups in total. The molecule has 4 unspecified atom stereocenters. The van der Waals surface area contributed by atoms with E-state index in [1.807, 2.05) is 0 Å². The molecule has 2 heterocycles. The van der Waals surface area contributed by atoms with Crippen LogP contribution in [0.5, 0.6) is 0 Å². The highest BCUT2D eigenvalue weighted by molar-refractivity contribution is 5.87. The fourth-order valence-electron chi connectivity index (χ4n) is 5.14. The number of fused-ring (bicyclic) bond motifs is 1. The number of carbonyl (C=O) groups excluding carboxylic acids is 1. The molecule has 0 aliphatic carbocycles. The zero-order valence-electron chi connectivity index (χ0n) is 19.7. The van der Waals surface area contributed by atoms with E-state index in [1.165, 1.54) is 54.4 Å². The minimum atomic E-state index is 0.0854. The van der Waals surface area contributed by atoms with Gasteiger partial charge in [0.1, 0.15) is 0 Å². The Bertz CT molecular complexity index is 614. The van der Waals surface area contributed by atoms with Crippen molar-refractivity contribution in [2.45, 2.75) is 85.1 Å². The van der Waals surface area contributed by atoms with E-state index in [1.54, 1.807) is 6.08 Å². The predicted molar refractivity (Wildman–Crippen MR) is 125 cm³/mol. The topological polar surface area (TPSA) is 29.1 Å². The lowest BCUT2D eigenvalue weighted by atomic mass is 9.92. The number of piperidine rings is 1. The molecule has 0 radical (unpaired) electrons. The molecule has 2 aliphatic heterocycles. The first-order valence-corrected chi connectivity index (χ1v) is 11.9. The van der Waals surface area contributed by atoms with Gasteiger partial charge in [-0.1, -0.05) is 36.3 Å². The number of hydrogen-bond acceptors (Lipinski definition) is 1. The second-order valence-corrected chi connectivity index (χ2v) is 10.1. The Morgan fingerprint density at radius 3 is 2.66 bits per heavy atom. The molecule has 3 heteroatoms. The van der Waals surface area contributed by atoms with Gasteiger partial charge in [0.15, 0.2) is 0 Å². The van der Waals surface area contributed by atoms with Crippen LogP contribution >= 0.6 is 0 Å². The lowest BCUT2D eigenvalue weighted by Gasteiger charge is -2.41. The molecule has 0 aromatic carbocycles. The third-order valence-corrected chi connectivity index (χ3v) is 7.10. The van der Waals surface area contributed by atoms with Gasteiger partial charge < -0.3 is 9.80 Å². The summed E-state index contributed by atoms with van der Waals surface area (Å²) in [7, 11) is 2.42. The van der Waals surface area contributed by atoms with Crippen molar-refractivity contribution in [3.8, 4) is 0 Å². The molecule has 2 rings (SSSR count). The van der Waals surface area contributed by atoms with E-state index in [-0.39, 0.29) is 5.91 Å². The van der Waals surface area contributed by atoms with E-state index in [0.717, 1.165) is 38.3 Å². The Kier molecular flexibility index (Phi) is 9.68. The van der Waals surface area contributed by atoms with Crippen LogP contribution in [0.4, 0.5) is 0 Å². The molecule has 0 aromatic rings. The van der Waals surface area contributed by atoms with Gasteiger partial charge in [0.05, 0.1) is 26.2 Å². The van der Waals surface area contributed by atoms with Crippen LogP contribution in [-0.2, 0) is 4.79 Å². The van der Waals surface area contributed by atoms with Gasteiger partial charge in [-0.25, -0.2) is 0 Å². The predicted octanol–water partition coefficient (Wildman–Crippen LogP) is 5.79. The highest BCUT2D eigenvalue weighted by atomic mass is 16.1. The molecular formula is C26H45N2O+. The van der Waals surface area contributed by atoms with Crippen LogP contribution in [0.2, 0.25) is 0 Å². The number of carbonyl (C=O) groups is 1. The first kappa shape index (κ1) is 23.9. The third kappa shape index (κ3) is 8.12. The summed E-state index contributed by atoms with van der Waals surface area (Å²) < 4.78 is 1.24. The van der Waals surface area contributed by atoms with Crippen molar-refractivity contribution < 1.29 is 9.28 Å². The highest BCUT2D eigenvalue weighted by Crippen LogP contribution is 2.36. The van der Waals surface area contributed by atoms with E-state index in [9.17, 15) is 4.79 Å². The molecule has 3 nitrogen and oxygen atoms in total. The zero-order valence-corrected chi connectivity index (χ0v) is 19.7. The fourth-order valence-corrected chi connectivity index (χ4v) is 5.14. The van der Waals surface area contributed by atoms with Crippen LogP contribution in [-0.4, -0.2) is 43.1 Å². The van der Waals surface area contributed by atoms with Crippen LogP contribution < -0.4 is 5.32 Å². The molecule has 0 aromatic heterocycles. The van der Waals surface area contributed by atoms with Crippen LogP contribution in [0.1, 0.15) is 79.1 Å². The first-order chi connectivity index (χ1) is 13.8. The summed E-state index contributed by atoms with van der Waals surface area (Å²) in [6.45, 7) is 12.2. The smallest absolute Gasteiger partial charge is 0.243 e. The van der Waals surface area contributed by atoms with Gasteiger partial charge in [-0.3, -0.25) is 4.79 Å². The lowest BCUT2D eigenvalue weighted by Crippen LogP contribution is -2.53. The molecule has 2 fully saturated rings. The number of hydrogen-bond donors (Lipinski definition) is 1. The van der Waals surface area contributed by atoms with Gasteiger partial charge in [-0.15, -0.1) is 0 Å². The minimum absolute atomic E-state index is 0.0854. The second-order valence-electron chi connectivity index (χ2n) is 10.1. The molecule has 4 atom stereocenters. The van der Waals surface area contributed by atoms with Crippen molar-refractivity contribution in [3.63, 3.8) is 0 Å². The molecule has 0 bridgehead atoms. The van der Waals surface area contributed by atoms with Gasteiger partial charge in [0.2, 0.25) is 5.91 Å². The van der Waals surface area contributed by atoms with Gasteiger partial charge >= 0.3 is 0 Å². The second kappa shape index (κ2) is 11.7. The Labute approximate surface area is 179 Å². The van der Waals surface area contributed by atoms with E-state index in [4.69, 9.17) is 0 Å². The van der Waals surface area contributed by atoms with Crippen molar-refractivity contribution in [1.82, 2.24) is 5.32 Å². The Morgan fingerprint density at radius 1 is 1.10 bits per heavy atom. The molecular weight excluding hydrogens is 356 g/mol. The largest absolute Gasteiger partial charge is 0.352 e.